The number of fused-ring (bicyclic) bond motifs is 1. The van der Waals surface area contributed by atoms with Gasteiger partial charge in [-0.3, -0.25) is 9.59 Å². The van der Waals surface area contributed by atoms with Gasteiger partial charge >= 0.3 is 0 Å². The number of nitrogens with one attached hydrogen (secondary N) is 2. The first-order chi connectivity index (χ1) is 14.8. The van der Waals surface area contributed by atoms with E-state index in [0.29, 0.717) is 27.0 Å². The lowest BCUT2D eigenvalue weighted by Crippen LogP contribution is -2.32. The maximum Gasteiger partial charge on any atom is 0.262 e. The lowest BCUT2D eigenvalue weighted by Gasteiger charge is -2.09. The van der Waals surface area contributed by atoms with E-state index in [1.165, 1.54) is 11.3 Å². The molecule has 0 radical (unpaired) electrons. The first-order valence-electron chi connectivity index (χ1n) is 9.49. The zero-order valence-electron chi connectivity index (χ0n) is 17.1. The van der Waals surface area contributed by atoms with Crippen LogP contribution in [-0.4, -0.2) is 28.3 Å². The number of aryl methyl sites for hydroxylation is 3. The van der Waals surface area contributed by atoms with Gasteiger partial charge in [-0.15, -0.1) is 11.3 Å². The molecule has 9 heteroatoms. The summed E-state index contributed by atoms with van der Waals surface area (Å²) in [6, 6.07) is 9.14. The smallest absolute Gasteiger partial charge is 0.262 e. The molecule has 0 atom stereocenters. The molecule has 0 aliphatic heterocycles. The number of furan rings is 1. The number of amides is 2. The third-order valence-corrected chi connectivity index (χ3v) is 6.47. The molecule has 7 nitrogen and oxygen atoms in total. The van der Waals surface area contributed by atoms with Crippen LogP contribution in [0.2, 0.25) is 0 Å². The molecule has 2 N–H and O–H groups in total. The molecule has 158 valence electrons. The van der Waals surface area contributed by atoms with E-state index in [-0.39, 0.29) is 18.4 Å². The maximum absolute atomic E-state index is 12.8. The number of hydrogen-bond donors (Lipinski definition) is 2. The van der Waals surface area contributed by atoms with Gasteiger partial charge in [-0.1, -0.05) is 15.9 Å². The Bertz CT molecular complexity index is 1300. The summed E-state index contributed by atoms with van der Waals surface area (Å²) in [5.74, 6) is 0.435. The number of carbonyl (C=O) groups excluding carboxylic acids is 2. The van der Waals surface area contributed by atoms with E-state index < -0.39 is 0 Å². The van der Waals surface area contributed by atoms with Crippen molar-refractivity contribution >= 4 is 55.0 Å². The van der Waals surface area contributed by atoms with Crippen molar-refractivity contribution in [2.75, 3.05) is 11.9 Å². The number of anilines is 1. The topological polar surface area (TPSA) is 97.1 Å². The fourth-order valence-electron chi connectivity index (χ4n) is 3.27. The van der Waals surface area contributed by atoms with Gasteiger partial charge in [0.15, 0.2) is 11.6 Å². The molecule has 0 spiro atoms. The van der Waals surface area contributed by atoms with Gasteiger partial charge in [0.05, 0.1) is 23.4 Å². The Balaban J connectivity index is 1.50. The van der Waals surface area contributed by atoms with E-state index in [2.05, 4.69) is 36.5 Å². The summed E-state index contributed by atoms with van der Waals surface area (Å²) < 4.78 is 6.33. The minimum Gasteiger partial charge on any atom is -0.461 e. The van der Waals surface area contributed by atoms with Gasteiger partial charge in [0.1, 0.15) is 4.83 Å². The number of carbonyl (C=O) groups is 2. The molecule has 0 fully saturated rings. The third kappa shape index (κ3) is 4.38. The Hall–Kier alpha value is -3.04. The summed E-state index contributed by atoms with van der Waals surface area (Å²) in [5, 5.41) is 6.36. The summed E-state index contributed by atoms with van der Waals surface area (Å²) in [5.41, 5.74) is 3.20. The van der Waals surface area contributed by atoms with E-state index >= 15 is 0 Å². The monoisotopic (exact) mass is 498 g/mol. The van der Waals surface area contributed by atoms with Crippen LogP contribution < -0.4 is 10.6 Å². The van der Waals surface area contributed by atoms with Crippen LogP contribution in [-0.2, 0) is 4.79 Å². The Morgan fingerprint density at radius 1 is 1.16 bits per heavy atom. The van der Waals surface area contributed by atoms with Gasteiger partial charge in [0.2, 0.25) is 5.91 Å². The van der Waals surface area contributed by atoms with Crippen molar-refractivity contribution in [1.82, 2.24) is 15.3 Å². The number of nitrogens with zero attached hydrogens (tertiary/aromatic N) is 2. The number of benzene rings is 1. The summed E-state index contributed by atoms with van der Waals surface area (Å²) in [6.45, 7) is 5.51. The lowest BCUT2D eigenvalue weighted by atomic mass is 10.1. The molecule has 4 rings (SSSR count). The number of rotatable bonds is 5. The van der Waals surface area contributed by atoms with Gasteiger partial charge < -0.3 is 15.1 Å². The van der Waals surface area contributed by atoms with E-state index in [1.54, 1.807) is 18.4 Å². The van der Waals surface area contributed by atoms with Crippen LogP contribution in [0.1, 0.15) is 26.5 Å². The standard InChI is InChI=1S/C22H19BrN4O3S/c1-11-9-14(23)6-7-15(11)26-17(28)10-24-21(29)19-12(2)18-13(3)25-20(27-22(18)31-19)16-5-4-8-30-16/h4-9H,10H2,1-3H3,(H,24,29)(H,26,28). The molecule has 0 saturated heterocycles. The van der Waals surface area contributed by atoms with E-state index in [4.69, 9.17) is 4.42 Å². The van der Waals surface area contributed by atoms with Crippen molar-refractivity contribution in [1.29, 1.82) is 0 Å². The zero-order valence-corrected chi connectivity index (χ0v) is 19.5. The minimum atomic E-state index is -0.317. The summed E-state index contributed by atoms with van der Waals surface area (Å²) in [7, 11) is 0. The van der Waals surface area contributed by atoms with Crippen molar-refractivity contribution in [2.45, 2.75) is 20.8 Å². The summed E-state index contributed by atoms with van der Waals surface area (Å²) in [6.07, 6.45) is 1.57. The van der Waals surface area contributed by atoms with E-state index in [9.17, 15) is 9.59 Å². The Kier molecular flexibility index (Phi) is 5.88. The van der Waals surface area contributed by atoms with Gasteiger partial charge in [-0.2, -0.15) is 0 Å². The molecular weight excluding hydrogens is 480 g/mol. The number of aromatic nitrogens is 2. The Morgan fingerprint density at radius 3 is 2.68 bits per heavy atom. The molecule has 31 heavy (non-hydrogen) atoms. The molecule has 0 aliphatic rings. The van der Waals surface area contributed by atoms with Crippen molar-refractivity contribution in [3.63, 3.8) is 0 Å². The lowest BCUT2D eigenvalue weighted by molar-refractivity contribution is -0.115. The second kappa shape index (κ2) is 8.60. The number of thiophene rings is 1. The molecule has 0 saturated carbocycles. The molecular formula is C22H19BrN4O3S. The first kappa shape index (κ1) is 21.2. The molecule has 2 amide bonds. The van der Waals surface area contributed by atoms with Gasteiger partial charge in [-0.25, -0.2) is 9.97 Å². The zero-order chi connectivity index (χ0) is 22.1. The summed E-state index contributed by atoms with van der Waals surface area (Å²) >= 11 is 4.67. The molecule has 1 aromatic carbocycles. The molecule has 0 bridgehead atoms. The average Bonchev–Trinajstić information content (AvgIpc) is 3.37. The normalized spacial score (nSPS) is 11.0. The van der Waals surface area contributed by atoms with Gasteiger partial charge in [0, 0.05) is 15.5 Å². The second-order valence-electron chi connectivity index (χ2n) is 7.04. The Labute approximate surface area is 191 Å². The van der Waals surface area contributed by atoms with Crippen LogP contribution in [0.4, 0.5) is 5.69 Å². The van der Waals surface area contributed by atoms with Crippen LogP contribution >= 0.6 is 27.3 Å². The van der Waals surface area contributed by atoms with Crippen molar-refractivity contribution in [3.8, 4) is 11.6 Å². The first-order valence-corrected chi connectivity index (χ1v) is 11.1. The predicted molar refractivity (Wildman–Crippen MR) is 124 cm³/mol. The quantitative estimate of drug-likeness (QED) is 0.403. The largest absolute Gasteiger partial charge is 0.461 e. The maximum atomic E-state index is 12.8. The SMILES string of the molecule is Cc1cc(Br)ccc1NC(=O)CNC(=O)c1sc2nc(-c3ccco3)nc(C)c2c1C. The highest BCUT2D eigenvalue weighted by Gasteiger charge is 2.20. The van der Waals surface area contributed by atoms with Crippen molar-refractivity contribution < 1.29 is 14.0 Å². The molecule has 3 aromatic heterocycles. The fraction of sp³-hybridized carbons (Fsp3) is 0.182. The number of halogens is 1. The van der Waals surface area contributed by atoms with Gasteiger partial charge in [0.25, 0.3) is 5.91 Å². The fourth-order valence-corrected chi connectivity index (χ4v) is 4.90. The van der Waals surface area contributed by atoms with Crippen molar-refractivity contribution in [3.05, 3.63) is 62.8 Å². The summed E-state index contributed by atoms with van der Waals surface area (Å²) in [4.78, 5) is 35.4. The molecule has 3 heterocycles. The molecule has 4 aromatic rings. The minimum absolute atomic E-state index is 0.135. The van der Waals surface area contributed by atoms with Crippen molar-refractivity contribution in [2.24, 2.45) is 0 Å². The molecule has 0 aliphatic carbocycles. The average molecular weight is 499 g/mol. The van der Waals surface area contributed by atoms with E-state index in [1.807, 2.05) is 39.0 Å². The number of hydrogen-bond acceptors (Lipinski definition) is 6. The third-order valence-electron chi connectivity index (χ3n) is 4.79. The van der Waals surface area contributed by atoms with E-state index in [0.717, 1.165) is 26.7 Å². The molecule has 0 unspecified atom stereocenters. The Morgan fingerprint density at radius 2 is 1.97 bits per heavy atom. The van der Waals surface area contributed by atoms with Gasteiger partial charge in [-0.05, 0) is 62.2 Å². The second-order valence-corrected chi connectivity index (χ2v) is 8.95. The highest BCUT2D eigenvalue weighted by Crippen LogP contribution is 2.33. The van der Waals surface area contributed by atoms with Crippen LogP contribution in [0.25, 0.3) is 21.8 Å². The highest BCUT2D eigenvalue weighted by molar-refractivity contribution is 9.10. The highest BCUT2D eigenvalue weighted by atomic mass is 79.9. The van der Waals surface area contributed by atoms with Crippen LogP contribution in [0, 0.1) is 20.8 Å². The predicted octanol–water partition coefficient (Wildman–Crippen LogP) is 5.01. The van der Waals surface area contributed by atoms with Crippen LogP contribution in [0.15, 0.2) is 45.5 Å². The van der Waals surface area contributed by atoms with Crippen LogP contribution in [0.5, 0.6) is 0 Å². The van der Waals surface area contributed by atoms with Crippen LogP contribution in [0.3, 0.4) is 0 Å².